The van der Waals surface area contributed by atoms with Crippen LogP contribution in [0.5, 0.6) is 5.75 Å². The number of rotatable bonds is 9. The van der Waals surface area contributed by atoms with Crippen molar-refractivity contribution in [1.82, 2.24) is 9.80 Å². The number of nitrogens with zero attached hydrogens (tertiary/aromatic N) is 3. The van der Waals surface area contributed by atoms with Gasteiger partial charge in [-0.3, -0.25) is 14.0 Å². The van der Waals surface area contributed by atoms with Crippen LogP contribution in [0.15, 0.2) is 114 Å². The molecule has 9 heteroatoms. The third kappa shape index (κ3) is 5.95. The van der Waals surface area contributed by atoms with Crippen molar-refractivity contribution in [2.75, 3.05) is 44.1 Å². The molecule has 0 unspecified atom stereocenters. The number of benzene rings is 4. The van der Waals surface area contributed by atoms with Gasteiger partial charge < -0.3 is 9.64 Å². The number of hydrogen-bond donors (Lipinski definition) is 0. The first-order valence-electron chi connectivity index (χ1n) is 14.7. The molecule has 1 saturated heterocycles. The quantitative estimate of drug-likeness (QED) is 0.183. The van der Waals surface area contributed by atoms with Crippen molar-refractivity contribution in [3.05, 3.63) is 125 Å². The number of sulfonamides is 1. The number of carbonyl (C=O) groups is 1. The van der Waals surface area contributed by atoms with Crippen LogP contribution in [0.4, 0.5) is 5.69 Å². The van der Waals surface area contributed by atoms with Crippen molar-refractivity contribution in [2.45, 2.75) is 17.9 Å². The fourth-order valence-corrected chi connectivity index (χ4v) is 8.36. The largest absolute Gasteiger partial charge is 0.497 e. The second-order valence-electron chi connectivity index (χ2n) is 10.7. The molecule has 226 valence electrons. The minimum atomic E-state index is -3.78. The number of methoxy groups -OCH3 is 1. The van der Waals surface area contributed by atoms with Crippen molar-refractivity contribution < 1.29 is 17.9 Å². The highest BCUT2D eigenvalue weighted by Crippen LogP contribution is 2.34. The molecule has 1 amide bonds. The second kappa shape index (κ2) is 12.8. The molecule has 2 heterocycles. The summed E-state index contributed by atoms with van der Waals surface area (Å²) in [6, 6.07) is 35.0. The van der Waals surface area contributed by atoms with Gasteiger partial charge in [-0.05, 0) is 72.0 Å². The van der Waals surface area contributed by atoms with Crippen molar-refractivity contribution >= 4 is 43.0 Å². The fourth-order valence-electron chi connectivity index (χ4n) is 5.88. The van der Waals surface area contributed by atoms with E-state index < -0.39 is 10.0 Å². The van der Waals surface area contributed by atoms with E-state index in [1.54, 1.807) is 31.4 Å². The zero-order valence-electron chi connectivity index (χ0n) is 24.8. The van der Waals surface area contributed by atoms with Gasteiger partial charge in [0.05, 0.1) is 28.6 Å². The van der Waals surface area contributed by atoms with E-state index in [9.17, 15) is 13.2 Å². The molecule has 0 N–H and O–H groups in total. The molecule has 5 aromatic rings. The molecule has 44 heavy (non-hydrogen) atoms. The van der Waals surface area contributed by atoms with Crippen molar-refractivity contribution in [3.63, 3.8) is 0 Å². The standard InChI is InChI=1S/C35H35N3O4S2/c1-3-38(44(40,41)31-17-15-30(42-2)16-18-31)29-14-19-32-28(24-29)25-33(43-32)35(39)37-22-20-36(21-23-37)34(26-10-6-4-7-11-26)27-12-8-5-9-13-27/h4-19,24-25,34H,3,20-23H2,1-2H3. The maximum Gasteiger partial charge on any atom is 0.264 e. The van der Waals surface area contributed by atoms with E-state index in [0.29, 0.717) is 29.4 Å². The van der Waals surface area contributed by atoms with Gasteiger partial charge in [-0.1, -0.05) is 60.7 Å². The summed E-state index contributed by atoms with van der Waals surface area (Å²) in [5, 5.41) is 0.853. The van der Waals surface area contributed by atoms with Gasteiger partial charge in [0.1, 0.15) is 5.75 Å². The van der Waals surface area contributed by atoms with E-state index in [-0.39, 0.29) is 23.4 Å². The number of hydrogen-bond acceptors (Lipinski definition) is 6. The number of piperazine rings is 1. The molecule has 7 nitrogen and oxygen atoms in total. The molecular weight excluding hydrogens is 591 g/mol. The van der Waals surface area contributed by atoms with Crippen LogP contribution in [0.25, 0.3) is 10.1 Å². The van der Waals surface area contributed by atoms with Gasteiger partial charge >= 0.3 is 0 Å². The zero-order chi connectivity index (χ0) is 30.7. The summed E-state index contributed by atoms with van der Waals surface area (Å²) in [6.07, 6.45) is 0. The molecule has 0 atom stereocenters. The highest BCUT2D eigenvalue weighted by Gasteiger charge is 2.29. The van der Waals surface area contributed by atoms with Crippen LogP contribution in [-0.4, -0.2) is 64.0 Å². The second-order valence-corrected chi connectivity index (χ2v) is 13.7. The zero-order valence-corrected chi connectivity index (χ0v) is 26.4. The maximum atomic E-state index is 13.7. The fraction of sp³-hybridized carbons (Fsp3) is 0.229. The lowest BCUT2D eigenvalue weighted by Gasteiger charge is -2.39. The molecule has 0 aliphatic carbocycles. The third-order valence-corrected chi connectivity index (χ3v) is 11.2. The first-order chi connectivity index (χ1) is 21.4. The van der Waals surface area contributed by atoms with E-state index in [0.717, 1.165) is 23.2 Å². The van der Waals surface area contributed by atoms with Gasteiger partial charge in [-0.25, -0.2) is 8.42 Å². The number of carbonyl (C=O) groups excluding carboxylic acids is 1. The Morgan fingerprint density at radius 2 is 1.45 bits per heavy atom. The van der Waals surface area contributed by atoms with Gasteiger partial charge in [-0.15, -0.1) is 11.3 Å². The van der Waals surface area contributed by atoms with Crippen LogP contribution < -0.4 is 9.04 Å². The van der Waals surface area contributed by atoms with Crippen LogP contribution in [0.3, 0.4) is 0 Å². The van der Waals surface area contributed by atoms with E-state index in [2.05, 4.69) is 53.4 Å². The predicted molar refractivity (Wildman–Crippen MR) is 177 cm³/mol. The topological polar surface area (TPSA) is 70.2 Å². The van der Waals surface area contributed by atoms with Crippen LogP contribution in [0.1, 0.15) is 33.8 Å². The number of thiophene rings is 1. The summed E-state index contributed by atoms with van der Waals surface area (Å²) >= 11 is 1.45. The third-order valence-electron chi connectivity index (χ3n) is 8.13. The molecule has 0 saturated carbocycles. The molecule has 0 radical (unpaired) electrons. The van der Waals surface area contributed by atoms with E-state index in [1.807, 2.05) is 48.2 Å². The lowest BCUT2D eigenvalue weighted by Crippen LogP contribution is -2.49. The summed E-state index contributed by atoms with van der Waals surface area (Å²) in [4.78, 5) is 18.9. The van der Waals surface area contributed by atoms with Crippen LogP contribution in [-0.2, 0) is 10.0 Å². The van der Waals surface area contributed by atoms with E-state index >= 15 is 0 Å². The highest BCUT2D eigenvalue weighted by molar-refractivity contribution is 7.92. The van der Waals surface area contributed by atoms with Crippen molar-refractivity contribution in [1.29, 1.82) is 0 Å². The Morgan fingerprint density at radius 3 is 2.02 bits per heavy atom. The van der Waals surface area contributed by atoms with Crippen LogP contribution in [0.2, 0.25) is 0 Å². The molecule has 0 spiro atoms. The number of fused-ring (bicyclic) bond motifs is 1. The Hall–Kier alpha value is -4.18. The Kier molecular flexibility index (Phi) is 8.70. The van der Waals surface area contributed by atoms with Gasteiger partial charge in [0.15, 0.2) is 0 Å². The lowest BCUT2D eigenvalue weighted by atomic mass is 9.96. The summed E-state index contributed by atoms with van der Waals surface area (Å²) in [5.74, 6) is 0.610. The van der Waals surface area contributed by atoms with E-state index in [4.69, 9.17) is 4.74 Å². The first-order valence-corrected chi connectivity index (χ1v) is 17.0. The average molecular weight is 626 g/mol. The number of amides is 1. The minimum Gasteiger partial charge on any atom is -0.497 e. The molecule has 1 aliphatic rings. The average Bonchev–Trinajstić information content (AvgIpc) is 3.50. The normalized spacial score (nSPS) is 14.2. The molecule has 0 bridgehead atoms. The summed E-state index contributed by atoms with van der Waals surface area (Å²) in [5.41, 5.74) is 3.05. The van der Waals surface area contributed by atoms with Gasteiger partial charge in [0.25, 0.3) is 15.9 Å². The molecular formula is C35H35N3O4S2. The minimum absolute atomic E-state index is 0.0153. The smallest absolute Gasteiger partial charge is 0.264 e. The first kappa shape index (κ1) is 29.9. The summed E-state index contributed by atoms with van der Waals surface area (Å²) in [7, 11) is -2.23. The van der Waals surface area contributed by atoms with Gasteiger partial charge in [0, 0.05) is 37.4 Å². The molecule has 1 aliphatic heterocycles. The highest BCUT2D eigenvalue weighted by atomic mass is 32.2. The predicted octanol–water partition coefficient (Wildman–Crippen LogP) is 6.67. The van der Waals surface area contributed by atoms with Gasteiger partial charge in [-0.2, -0.15) is 0 Å². The van der Waals surface area contributed by atoms with Gasteiger partial charge in [0.2, 0.25) is 0 Å². The monoisotopic (exact) mass is 625 g/mol. The summed E-state index contributed by atoms with van der Waals surface area (Å²) < 4.78 is 34.5. The Balaban J connectivity index is 1.18. The Labute approximate surface area is 263 Å². The van der Waals surface area contributed by atoms with Crippen LogP contribution >= 0.6 is 11.3 Å². The molecule has 4 aromatic carbocycles. The van der Waals surface area contributed by atoms with Crippen LogP contribution in [0, 0.1) is 0 Å². The number of anilines is 1. The molecule has 1 fully saturated rings. The molecule has 6 rings (SSSR count). The molecule has 1 aromatic heterocycles. The summed E-state index contributed by atoms with van der Waals surface area (Å²) in [6.45, 7) is 4.89. The Morgan fingerprint density at radius 1 is 0.841 bits per heavy atom. The number of ether oxygens (including phenoxy) is 1. The van der Waals surface area contributed by atoms with E-state index in [1.165, 1.54) is 26.8 Å². The Bertz CT molecular complexity index is 1790. The SMILES string of the molecule is CCN(c1ccc2sc(C(=O)N3CCN(C(c4ccccc4)c4ccccc4)CC3)cc2c1)S(=O)(=O)c1ccc(OC)cc1. The van der Waals surface area contributed by atoms with Crippen molar-refractivity contribution in [3.8, 4) is 5.75 Å². The maximum absolute atomic E-state index is 13.7. The van der Waals surface area contributed by atoms with Crippen molar-refractivity contribution in [2.24, 2.45) is 0 Å². The lowest BCUT2D eigenvalue weighted by molar-refractivity contribution is 0.0602.